The van der Waals surface area contributed by atoms with Gasteiger partial charge in [0.1, 0.15) is 11.0 Å². The van der Waals surface area contributed by atoms with Crippen LogP contribution in [-0.4, -0.2) is 20.2 Å². The Labute approximate surface area is 121 Å². The fourth-order valence-electron chi connectivity index (χ4n) is 2.11. The summed E-state index contributed by atoms with van der Waals surface area (Å²) in [4.78, 5) is 7.20. The molecule has 102 valence electrons. The van der Waals surface area contributed by atoms with Crippen LogP contribution in [0, 0.1) is 0 Å². The lowest BCUT2D eigenvalue weighted by atomic mass is 10.1. The number of halogens is 2. The van der Waals surface area contributed by atoms with Gasteiger partial charge in [-0.15, -0.1) is 0 Å². The molecular weight excluding hydrogens is 285 g/mol. The summed E-state index contributed by atoms with van der Waals surface area (Å²) >= 11 is 10.7. The molecule has 19 heavy (non-hydrogen) atoms. The van der Waals surface area contributed by atoms with Crippen LogP contribution in [0.4, 0.5) is 5.82 Å². The van der Waals surface area contributed by atoms with Crippen molar-refractivity contribution in [2.75, 3.05) is 5.73 Å². The molecule has 0 amide bonds. The topological polar surface area (TPSA) is 80.5 Å². The van der Waals surface area contributed by atoms with Crippen molar-refractivity contribution in [1.82, 2.24) is 20.2 Å². The summed E-state index contributed by atoms with van der Waals surface area (Å²) in [5, 5.41) is 7.43. The van der Waals surface area contributed by atoms with Crippen LogP contribution in [0.3, 0.4) is 0 Å². The number of nitrogens with one attached hydrogen (secondary N) is 1. The summed E-state index contributed by atoms with van der Waals surface area (Å²) in [7, 11) is 0. The van der Waals surface area contributed by atoms with Crippen LogP contribution in [0.5, 0.6) is 0 Å². The van der Waals surface area contributed by atoms with Crippen LogP contribution in [-0.2, 0) is 0 Å². The first-order valence-corrected chi connectivity index (χ1v) is 6.85. The number of rotatable bonds is 1. The third-order valence-electron chi connectivity index (χ3n) is 3.00. The molecule has 0 bridgehead atoms. The number of aromatic nitrogens is 4. The monoisotopic (exact) mass is 299 g/mol. The van der Waals surface area contributed by atoms with Crippen molar-refractivity contribution in [1.29, 1.82) is 0 Å². The van der Waals surface area contributed by atoms with Crippen molar-refractivity contribution in [2.24, 2.45) is 0 Å². The molecule has 2 heterocycles. The molecule has 0 spiro atoms. The zero-order valence-electron chi connectivity index (χ0n) is 10.3. The van der Waals surface area contributed by atoms with Crippen molar-refractivity contribution in [3.63, 3.8) is 0 Å². The minimum Gasteiger partial charge on any atom is -0.382 e. The van der Waals surface area contributed by atoms with Gasteiger partial charge in [-0.1, -0.05) is 24.4 Å². The molecule has 1 saturated carbocycles. The lowest BCUT2D eigenvalue weighted by Crippen LogP contribution is -1.91. The minimum absolute atomic E-state index is 0.178. The molecule has 3 N–H and O–H groups in total. The Morgan fingerprint density at radius 3 is 2.47 bits per heavy atom. The Hall–Kier alpha value is -1.33. The molecule has 0 aliphatic heterocycles. The van der Waals surface area contributed by atoms with E-state index in [1.54, 1.807) is 6.07 Å². The molecule has 0 saturated heterocycles. The second kappa shape index (κ2) is 6.73. The summed E-state index contributed by atoms with van der Waals surface area (Å²) in [6, 6.07) is 3.52. The second-order valence-electron chi connectivity index (χ2n) is 4.38. The molecule has 2 aromatic rings. The number of hydrogen-bond acceptors (Lipinski definition) is 4. The highest BCUT2D eigenvalue weighted by atomic mass is 35.5. The summed E-state index contributed by atoms with van der Waals surface area (Å²) < 4.78 is 0. The van der Waals surface area contributed by atoms with Crippen LogP contribution in [0.25, 0.3) is 0 Å². The zero-order chi connectivity index (χ0) is 13.7. The lowest BCUT2D eigenvalue weighted by molar-refractivity contribution is 0.693. The predicted molar refractivity (Wildman–Crippen MR) is 76.3 cm³/mol. The molecule has 1 aliphatic carbocycles. The number of H-pyrrole nitrogens is 1. The van der Waals surface area contributed by atoms with E-state index in [1.165, 1.54) is 37.6 Å². The van der Waals surface area contributed by atoms with Gasteiger partial charge in [0.25, 0.3) is 0 Å². The first kappa shape index (κ1) is 14.1. The smallest absolute Gasteiger partial charge is 0.223 e. The molecule has 0 atom stereocenters. The third-order valence-corrected chi connectivity index (χ3v) is 3.40. The van der Waals surface area contributed by atoms with Crippen molar-refractivity contribution in [3.8, 4) is 0 Å². The zero-order valence-corrected chi connectivity index (χ0v) is 11.8. The number of nitrogen functional groups attached to an aromatic ring is 1. The molecule has 2 aromatic heterocycles. The average Bonchev–Trinajstić information content (AvgIpc) is 2.99. The molecule has 1 fully saturated rings. The van der Waals surface area contributed by atoms with Crippen LogP contribution in [0.2, 0.25) is 10.4 Å². The van der Waals surface area contributed by atoms with E-state index in [0.29, 0.717) is 16.9 Å². The van der Waals surface area contributed by atoms with Gasteiger partial charge >= 0.3 is 0 Å². The van der Waals surface area contributed by atoms with E-state index < -0.39 is 0 Å². The Balaban J connectivity index is 0.000000148. The van der Waals surface area contributed by atoms with Crippen molar-refractivity contribution >= 4 is 29.0 Å². The molecule has 1 aliphatic rings. The highest BCUT2D eigenvalue weighted by molar-refractivity contribution is 6.31. The van der Waals surface area contributed by atoms with E-state index in [2.05, 4.69) is 20.2 Å². The van der Waals surface area contributed by atoms with Crippen LogP contribution in [0.1, 0.15) is 37.3 Å². The highest BCUT2D eigenvalue weighted by Crippen LogP contribution is 2.33. The summed E-state index contributed by atoms with van der Waals surface area (Å²) in [5.74, 6) is 1.31. The summed E-state index contributed by atoms with van der Waals surface area (Å²) in [6.07, 6.45) is 6.79. The average molecular weight is 300 g/mol. The molecule has 0 radical (unpaired) electrons. The molecule has 0 unspecified atom stereocenters. The fraction of sp³-hybridized carbons (Fsp3) is 0.417. The van der Waals surface area contributed by atoms with Gasteiger partial charge in [-0.05, 0) is 30.5 Å². The normalized spacial score (nSPS) is 15.1. The fourth-order valence-corrected chi connectivity index (χ4v) is 2.44. The van der Waals surface area contributed by atoms with Gasteiger partial charge in [-0.3, -0.25) is 5.10 Å². The van der Waals surface area contributed by atoms with E-state index in [9.17, 15) is 0 Å². The molecule has 7 heteroatoms. The van der Waals surface area contributed by atoms with Gasteiger partial charge in [0, 0.05) is 23.9 Å². The summed E-state index contributed by atoms with van der Waals surface area (Å²) in [6.45, 7) is 0. The minimum atomic E-state index is 0.178. The SMILES string of the molecule is Clc1ccnc(Cl)n1.Nc1cc(C2CCCC2)[nH]n1. The molecule has 3 rings (SSSR count). The van der Waals surface area contributed by atoms with Crippen LogP contribution in [0.15, 0.2) is 18.3 Å². The Morgan fingerprint density at radius 2 is 2.00 bits per heavy atom. The van der Waals surface area contributed by atoms with E-state index in [-0.39, 0.29) is 5.28 Å². The third kappa shape index (κ3) is 4.36. The van der Waals surface area contributed by atoms with Gasteiger partial charge in [-0.2, -0.15) is 5.10 Å². The lowest BCUT2D eigenvalue weighted by Gasteiger charge is -2.02. The predicted octanol–water partition coefficient (Wildman–Crippen LogP) is 3.43. The molecule has 0 aromatic carbocycles. The first-order valence-electron chi connectivity index (χ1n) is 6.10. The largest absolute Gasteiger partial charge is 0.382 e. The van der Waals surface area contributed by atoms with E-state index in [1.807, 2.05) is 6.07 Å². The van der Waals surface area contributed by atoms with Crippen molar-refractivity contribution in [3.05, 3.63) is 34.5 Å². The van der Waals surface area contributed by atoms with Gasteiger partial charge in [0.2, 0.25) is 5.28 Å². The van der Waals surface area contributed by atoms with Crippen LogP contribution >= 0.6 is 23.2 Å². The number of anilines is 1. The maximum atomic E-state index is 5.50. The van der Waals surface area contributed by atoms with Crippen molar-refractivity contribution < 1.29 is 0 Å². The summed E-state index contributed by atoms with van der Waals surface area (Å²) in [5.41, 5.74) is 6.73. The molecular formula is C12H15Cl2N5. The quantitative estimate of drug-likeness (QED) is 0.624. The van der Waals surface area contributed by atoms with Crippen molar-refractivity contribution in [2.45, 2.75) is 31.6 Å². The van der Waals surface area contributed by atoms with Gasteiger partial charge in [0.05, 0.1) is 0 Å². The maximum absolute atomic E-state index is 5.50. The molecule has 5 nitrogen and oxygen atoms in total. The Kier molecular flexibility index (Phi) is 4.99. The maximum Gasteiger partial charge on any atom is 0.223 e. The number of hydrogen-bond donors (Lipinski definition) is 2. The Bertz CT molecular complexity index is 505. The first-order chi connectivity index (χ1) is 9.15. The standard InChI is InChI=1S/C8H13N3.C4H2Cl2N2/c9-8-5-7(10-11-8)6-3-1-2-4-6;5-3-1-2-7-4(6)8-3/h5-6H,1-4H2,(H3,9,10,11);1-2H. The Morgan fingerprint density at radius 1 is 1.26 bits per heavy atom. The van der Waals surface area contributed by atoms with E-state index in [0.717, 1.165) is 0 Å². The van der Waals surface area contributed by atoms with Gasteiger partial charge in [-0.25, -0.2) is 9.97 Å². The number of nitrogens with two attached hydrogens (primary N) is 1. The van der Waals surface area contributed by atoms with E-state index in [4.69, 9.17) is 28.9 Å². The second-order valence-corrected chi connectivity index (χ2v) is 5.10. The van der Waals surface area contributed by atoms with Gasteiger partial charge in [0.15, 0.2) is 0 Å². The highest BCUT2D eigenvalue weighted by Gasteiger charge is 2.18. The van der Waals surface area contributed by atoms with Gasteiger partial charge < -0.3 is 5.73 Å². The van der Waals surface area contributed by atoms with E-state index >= 15 is 0 Å². The van der Waals surface area contributed by atoms with Crippen LogP contribution < -0.4 is 5.73 Å². The number of aromatic amines is 1. The number of nitrogens with zero attached hydrogens (tertiary/aromatic N) is 3.